The van der Waals surface area contributed by atoms with Gasteiger partial charge in [0.2, 0.25) is 0 Å². The smallest absolute Gasteiger partial charge is 0.326 e. The molecule has 1 unspecified atom stereocenters. The second-order valence-corrected chi connectivity index (χ2v) is 5.01. The Morgan fingerprint density at radius 1 is 1.45 bits per heavy atom. The number of fused-ring (bicyclic) bond motifs is 1. The fraction of sp³-hybridized carbons (Fsp3) is 0.286. The summed E-state index contributed by atoms with van der Waals surface area (Å²) in [4.78, 5) is 24.3. The lowest BCUT2D eigenvalue weighted by molar-refractivity contribution is -0.147. The van der Waals surface area contributed by atoms with Gasteiger partial charge in [0.1, 0.15) is 18.4 Å². The van der Waals surface area contributed by atoms with E-state index in [0.29, 0.717) is 21.9 Å². The molecule has 0 aliphatic carbocycles. The Morgan fingerprint density at radius 3 is 2.80 bits per heavy atom. The molecular weight excluding hydrogens is 282 g/mol. The van der Waals surface area contributed by atoms with Crippen molar-refractivity contribution in [2.75, 3.05) is 13.7 Å². The first-order valence-electron chi connectivity index (χ1n) is 6.03. The van der Waals surface area contributed by atoms with Gasteiger partial charge in [-0.3, -0.25) is 4.79 Å². The number of amides is 1. The molecule has 1 aliphatic heterocycles. The van der Waals surface area contributed by atoms with Crippen LogP contribution in [-0.2, 0) is 9.59 Å². The second-order valence-electron chi connectivity index (χ2n) is 4.57. The van der Waals surface area contributed by atoms with Gasteiger partial charge in [-0.15, -0.1) is 0 Å². The summed E-state index contributed by atoms with van der Waals surface area (Å²) in [7, 11) is 1.45. The van der Waals surface area contributed by atoms with Gasteiger partial charge in [0.15, 0.2) is 0 Å². The summed E-state index contributed by atoms with van der Waals surface area (Å²) in [5.41, 5.74) is 1.11. The highest BCUT2D eigenvalue weighted by Crippen LogP contribution is 2.29. The van der Waals surface area contributed by atoms with Crippen LogP contribution in [0.1, 0.15) is 12.5 Å². The average molecular weight is 296 g/mol. The standard InChI is InChI=1S/C14H14ClNO4/c1-8(14(18)19)16(2)13(17)10-5-9-6-11(15)3-4-12(9)20-7-10/h3-6,8H,7H2,1-2H3,(H,18,19). The third-order valence-corrected chi connectivity index (χ3v) is 3.45. The molecule has 0 bridgehead atoms. The van der Waals surface area contributed by atoms with Gasteiger partial charge < -0.3 is 14.7 Å². The maximum absolute atomic E-state index is 12.2. The SMILES string of the molecule is CC(C(=O)O)N(C)C(=O)C1=Cc2cc(Cl)ccc2OC1. The van der Waals surface area contributed by atoms with Gasteiger partial charge in [-0.2, -0.15) is 0 Å². The molecule has 0 radical (unpaired) electrons. The van der Waals surface area contributed by atoms with Gasteiger partial charge >= 0.3 is 5.97 Å². The molecule has 1 atom stereocenters. The fourth-order valence-corrected chi connectivity index (χ4v) is 2.02. The summed E-state index contributed by atoms with van der Waals surface area (Å²) in [6.07, 6.45) is 1.68. The lowest BCUT2D eigenvalue weighted by Crippen LogP contribution is -2.41. The Hall–Kier alpha value is -2.01. The monoisotopic (exact) mass is 295 g/mol. The molecule has 106 valence electrons. The van der Waals surface area contributed by atoms with Crippen molar-refractivity contribution in [2.24, 2.45) is 0 Å². The minimum Gasteiger partial charge on any atom is -0.488 e. The van der Waals surface area contributed by atoms with Gasteiger partial charge in [-0.05, 0) is 31.2 Å². The number of likely N-dealkylation sites (N-methyl/N-ethyl adjacent to an activating group) is 1. The van der Waals surface area contributed by atoms with Gasteiger partial charge in [-0.25, -0.2) is 4.79 Å². The van der Waals surface area contributed by atoms with E-state index in [9.17, 15) is 9.59 Å². The van der Waals surface area contributed by atoms with E-state index in [1.807, 2.05) is 0 Å². The van der Waals surface area contributed by atoms with Crippen LogP contribution in [0.15, 0.2) is 23.8 Å². The minimum absolute atomic E-state index is 0.115. The van der Waals surface area contributed by atoms with Crippen LogP contribution >= 0.6 is 11.6 Å². The predicted molar refractivity (Wildman–Crippen MR) is 74.8 cm³/mol. The highest BCUT2D eigenvalue weighted by molar-refractivity contribution is 6.30. The predicted octanol–water partition coefficient (Wildman–Crippen LogP) is 2.05. The molecule has 1 aromatic rings. The van der Waals surface area contributed by atoms with Crippen molar-refractivity contribution in [3.05, 3.63) is 34.4 Å². The number of carbonyl (C=O) groups is 2. The molecule has 0 saturated heterocycles. The molecule has 1 amide bonds. The van der Waals surface area contributed by atoms with Crippen LogP contribution < -0.4 is 4.74 Å². The summed E-state index contributed by atoms with van der Waals surface area (Å²) < 4.78 is 5.48. The summed E-state index contributed by atoms with van der Waals surface area (Å²) in [5, 5.41) is 9.48. The Bertz CT molecular complexity index is 597. The summed E-state index contributed by atoms with van der Waals surface area (Å²) in [5.74, 6) is -0.771. The van der Waals surface area contributed by atoms with Gasteiger partial charge in [-0.1, -0.05) is 11.6 Å². The van der Waals surface area contributed by atoms with E-state index < -0.39 is 12.0 Å². The van der Waals surface area contributed by atoms with Crippen LogP contribution in [0.4, 0.5) is 0 Å². The van der Waals surface area contributed by atoms with Crippen LogP contribution in [0.25, 0.3) is 6.08 Å². The molecule has 1 heterocycles. The third kappa shape index (κ3) is 2.77. The minimum atomic E-state index is -1.05. The van der Waals surface area contributed by atoms with Gasteiger partial charge in [0, 0.05) is 17.6 Å². The summed E-state index contributed by atoms with van der Waals surface area (Å²) >= 11 is 5.90. The number of halogens is 1. The first kappa shape index (κ1) is 14.4. The molecule has 5 nitrogen and oxygen atoms in total. The van der Waals surface area contributed by atoms with E-state index in [-0.39, 0.29) is 12.5 Å². The maximum Gasteiger partial charge on any atom is 0.326 e. The van der Waals surface area contributed by atoms with Crippen molar-refractivity contribution in [3.8, 4) is 5.75 Å². The molecule has 2 rings (SSSR count). The Labute approximate surface area is 121 Å². The molecule has 6 heteroatoms. The lowest BCUT2D eigenvalue weighted by Gasteiger charge is -2.25. The number of ether oxygens (including phenoxy) is 1. The highest BCUT2D eigenvalue weighted by Gasteiger charge is 2.26. The van der Waals surface area contributed by atoms with Crippen molar-refractivity contribution in [1.29, 1.82) is 0 Å². The number of carboxylic acid groups (broad SMARTS) is 1. The molecule has 0 aromatic heterocycles. The second kappa shape index (κ2) is 5.54. The van der Waals surface area contributed by atoms with E-state index in [1.54, 1.807) is 24.3 Å². The first-order chi connectivity index (χ1) is 9.40. The highest BCUT2D eigenvalue weighted by atomic mass is 35.5. The topological polar surface area (TPSA) is 66.8 Å². The molecule has 1 aliphatic rings. The number of benzene rings is 1. The van der Waals surface area contributed by atoms with Crippen molar-refractivity contribution in [1.82, 2.24) is 4.90 Å². The number of carbonyl (C=O) groups excluding carboxylic acids is 1. The number of rotatable bonds is 3. The Kier molecular flexibility index (Phi) is 3.99. The zero-order valence-corrected chi connectivity index (χ0v) is 11.8. The molecule has 0 spiro atoms. The largest absolute Gasteiger partial charge is 0.488 e. The average Bonchev–Trinajstić information content (AvgIpc) is 2.43. The van der Waals surface area contributed by atoms with E-state index in [1.165, 1.54) is 18.9 Å². The van der Waals surface area contributed by atoms with E-state index >= 15 is 0 Å². The van der Waals surface area contributed by atoms with Crippen LogP contribution in [0, 0.1) is 0 Å². The molecule has 20 heavy (non-hydrogen) atoms. The first-order valence-corrected chi connectivity index (χ1v) is 6.41. The maximum atomic E-state index is 12.2. The zero-order chi connectivity index (χ0) is 14.9. The molecule has 1 aromatic carbocycles. The van der Waals surface area contributed by atoms with E-state index in [4.69, 9.17) is 21.4 Å². The Morgan fingerprint density at radius 2 is 2.15 bits per heavy atom. The summed E-state index contributed by atoms with van der Waals surface area (Å²) in [6.45, 7) is 1.57. The molecular formula is C14H14ClNO4. The quantitative estimate of drug-likeness (QED) is 0.927. The number of nitrogens with zero attached hydrogens (tertiary/aromatic N) is 1. The van der Waals surface area contributed by atoms with E-state index in [2.05, 4.69) is 0 Å². The van der Waals surface area contributed by atoms with Crippen LogP contribution in [0.2, 0.25) is 5.02 Å². The van der Waals surface area contributed by atoms with Crippen molar-refractivity contribution in [2.45, 2.75) is 13.0 Å². The summed E-state index contributed by atoms with van der Waals surface area (Å²) in [6, 6.07) is 4.24. The zero-order valence-electron chi connectivity index (χ0n) is 11.1. The van der Waals surface area contributed by atoms with Crippen molar-refractivity contribution in [3.63, 3.8) is 0 Å². The van der Waals surface area contributed by atoms with E-state index in [0.717, 1.165) is 0 Å². The van der Waals surface area contributed by atoms with Gasteiger partial charge in [0.05, 0.1) is 5.57 Å². The van der Waals surface area contributed by atoms with Gasteiger partial charge in [0.25, 0.3) is 5.91 Å². The third-order valence-electron chi connectivity index (χ3n) is 3.22. The van der Waals surface area contributed by atoms with Crippen molar-refractivity contribution >= 4 is 29.6 Å². The molecule has 1 N–H and O–H groups in total. The molecule has 0 saturated carbocycles. The fourth-order valence-electron chi connectivity index (χ4n) is 1.84. The van der Waals surface area contributed by atoms with Crippen LogP contribution in [0.5, 0.6) is 5.75 Å². The Balaban J connectivity index is 2.26. The molecule has 0 fully saturated rings. The van der Waals surface area contributed by atoms with Crippen LogP contribution in [0.3, 0.4) is 0 Å². The normalized spacial score (nSPS) is 14.7. The van der Waals surface area contributed by atoms with Crippen molar-refractivity contribution < 1.29 is 19.4 Å². The lowest BCUT2D eigenvalue weighted by atomic mass is 10.1. The van der Waals surface area contributed by atoms with Crippen LogP contribution in [-0.4, -0.2) is 41.6 Å². The number of carboxylic acids is 1. The number of aliphatic carboxylic acids is 1. The number of hydrogen-bond donors (Lipinski definition) is 1. The number of hydrogen-bond acceptors (Lipinski definition) is 3.